The standard InChI is InChI=1S/C6H5FNO2S/c7-5-3-1-2-4-6(5)11(8,9)10/h1-2,4H,(H2,8,9,10). The third kappa shape index (κ3) is 1.75. The normalized spacial score (nSPS) is 11.5. The fraction of sp³-hybridized carbons (Fsp3) is 0. The minimum atomic E-state index is -3.94. The van der Waals surface area contributed by atoms with Gasteiger partial charge in [-0.3, -0.25) is 0 Å². The first-order chi connectivity index (χ1) is 5.02. The second kappa shape index (κ2) is 2.60. The van der Waals surface area contributed by atoms with Gasteiger partial charge in [-0.2, -0.15) is 0 Å². The average Bonchev–Trinajstić information content (AvgIpc) is 1.86. The third-order valence-corrected chi connectivity index (χ3v) is 2.01. The Hall–Kier alpha value is -0.940. The van der Waals surface area contributed by atoms with Crippen molar-refractivity contribution in [3.8, 4) is 0 Å². The van der Waals surface area contributed by atoms with E-state index in [0.717, 1.165) is 6.07 Å². The second-order valence-electron chi connectivity index (χ2n) is 1.89. The molecule has 1 aromatic rings. The van der Waals surface area contributed by atoms with Crippen LogP contribution >= 0.6 is 0 Å². The average molecular weight is 174 g/mol. The van der Waals surface area contributed by atoms with Crippen LogP contribution in [0.2, 0.25) is 0 Å². The molecule has 0 aliphatic heterocycles. The fourth-order valence-electron chi connectivity index (χ4n) is 0.621. The van der Waals surface area contributed by atoms with Crippen molar-refractivity contribution in [1.82, 2.24) is 0 Å². The molecule has 3 nitrogen and oxygen atoms in total. The maximum Gasteiger partial charge on any atom is 0.240 e. The number of sulfonamides is 1. The second-order valence-corrected chi connectivity index (χ2v) is 3.42. The van der Waals surface area contributed by atoms with E-state index in [-0.39, 0.29) is 0 Å². The summed E-state index contributed by atoms with van der Waals surface area (Å²) in [5, 5.41) is 4.67. The molecule has 0 fully saturated rings. The SMILES string of the molecule is NS(=O)(=O)c1ccc[c]c1F. The Labute approximate surface area is 63.7 Å². The Morgan fingerprint density at radius 1 is 1.55 bits per heavy atom. The Balaban J connectivity index is 3.37. The minimum Gasteiger partial charge on any atom is -0.225 e. The van der Waals surface area contributed by atoms with Gasteiger partial charge in [-0.15, -0.1) is 0 Å². The van der Waals surface area contributed by atoms with E-state index in [2.05, 4.69) is 11.2 Å². The van der Waals surface area contributed by atoms with Gasteiger partial charge in [-0.1, -0.05) is 12.1 Å². The molecule has 0 atom stereocenters. The highest BCUT2D eigenvalue weighted by molar-refractivity contribution is 7.89. The lowest BCUT2D eigenvalue weighted by atomic mass is 10.4. The van der Waals surface area contributed by atoms with Crippen LogP contribution < -0.4 is 5.14 Å². The van der Waals surface area contributed by atoms with Gasteiger partial charge >= 0.3 is 0 Å². The number of halogens is 1. The van der Waals surface area contributed by atoms with Crippen LogP contribution in [-0.2, 0) is 10.0 Å². The molecule has 2 N–H and O–H groups in total. The minimum absolute atomic E-state index is 0.528. The zero-order valence-corrected chi connectivity index (χ0v) is 6.23. The molecule has 0 spiro atoms. The first-order valence-corrected chi connectivity index (χ1v) is 4.25. The van der Waals surface area contributed by atoms with Gasteiger partial charge in [0, 0.05) is 6.07 Å². The summed E-state index contributed by atoms with van der Waals surface area (Å²) in [5.41, 5.74) is 0. The van der Waals surface area contributed by atoms with Gasteiger partial charge in [0.25, 0.3) is 0 Å². The lowest BCUT2D eigenvalue weighted by Gasteiger charge is -1.96. The van der Waals surface area contributed by atoms with E-state index in [4.69, 9.17) is 0 Å². The summed E-state index contributed by atoms with van der Waals surface area (Å²) < 4.78 is 33.7. The van der Waals surface area contributed by atoms with Crippen molar-refractivity contribution >= 4 is 10.0 Å². The Bertz CT molecular complexity index is 361. The van der Waals surface area contributed by atoms with Crippen molar-refractivity contribution in [2.45, 2.75) is 4.90 Å². The molecule has 1 radical (unpaired) electrons. The van der Waals surface area contributed by atoms with Crippen LogP contribution in [0, 0.1) is 11.9 Å². The van der Waals surface area contributed by atoms with Crippen LogP contribution in [0.4, 0.5) is 4.39 Å². The van der Waals surface area contributed by atoms with Crippen LogP contribution in [0.25, 0.3) is 0 Å². The maximum absolute atomic E-state index is 12.6. The van der Waals surface area contributed by atoms with Crippen molar-refractivity contribution in [1.29, 1.82) is 0 Å². The van der Waals surface area contributed by atoms with E-state index in [0.29, 0.717) is 0 Å². The summed E-state index contributed by atoms with van der Waals surface area (Å²) >= 11 is 0. The third-order valence-electron chi connectivity index (χ3n) is 1.08. The van der Waals surface area contributed by atoms with Crippen LogP contribution in [0.3, 0.4) is 0 Å². The Kier molecular flexibility index (Phi) is 1.92. The molecule has 0 unspecified atom stereocenters. The highest BCUT2D eigenvalue weighted by atomic mass is 32.2. The predicted octanol–water partition coefficient (Wildman–Crippen LogP) is 0.273. The number of nitrogens with two attached hydrogens (primary N) is 1. The summed E-state index contributed by atoms with van der Waals surface area (Å²) in [6, 6.07) is 5.78. The molecule has 0 heterocycles. The molecule has 11 heavy (non-hydrogen) atoms. The van der Waals surface area contributed by atoms with Crippen molar-refractivity contribution < 1.29 is 12.8 Å². The van der Waals surface area contributed by atoms with Gasteiger partial charge in [-0.25, -0.2) is 17.9 Å². The molecule has 1 rings (SSSR count). The first-order valence-electron chi connectivity index (χ1n) is 2.71. The summed E-state index contributed by atoms with van der Waals surface area (Å²) in [6.07, 6.45) is 0. The van der Waals surface area contributed by atoms with E-state index in [1.807, 2.05) is 0 Å². The zero-order chi connectivity index (χ0) is 8.48. The van der Waals surface area contributed by atoms with E-state index in [1.54, 1.807) is 0 Å². The quantitative estimate of drug-likeness (QED) is 0.664. The number of hydrogen-bond donors (Lipinski definition) is 1. The lowest BCUT2D eigenvalue weighted by Crippen LogP contribution is -2.13. The maximum atomic E-state index is 12.6. The summed E-state index contributed by atoms with van der Waals surface area (Å²) in [6.45, 7) is 0. The summed E-state index contributed by atoms with van der Waals surface area (Å²) in [7, 11) is -3.94. The highest BCUT2D eigenvalue weighted by Gasteiger charge is 2.12. The molecule has 0 aliphatic carbocycles. The van der Waals surface area contributed by atoms with E-state index in [9.17, 15) is 12.8 Å². The highest BCUT2D eigenvalue weighted by Crippen LogP contribution is 2.09. The van der Waals surface area contributed by atoms with Crippen molar-refractivity contribution in [3.63, 3.8) is 0 Å². The number of hydrogen-bond acceptors (Lipinski definition) is 2. The van der Waals surface area contributed by atoms with E-state index in [1.165, 1.54) is 12.1 Å². The van der Waals surface area contributed by atoms with Crippen molar-refractivity contribution in [3.05, 3.63) is 30.1 Å². The molecule has 0 aromatic heterocycles. The molecule has 0 saturated heterocycles. The molecule has 59 valence electrons. The monoisotopic (exact) mass is 174 g/mol. The lowest BCUT2D eigenvalue weighted by molar-refractivity contribution is 0.567. The molecular weight excluding hydrogens is 169 g/mol. The fourth-order valence-corrected chi connectivity index (χ4v) is 1.20. The van der Waals surface area contributed by atoms with Gasteiger partial charge in [0.15, 0.2) is 5.82 Å². The topological polar surface area (TPSA) is 60.2 Å². The molecule has 0 saturated carbocycles. The van der Waals surface area contributed by atoms with Gasteiger partial charge in [0.2, 0.25) is 10.0 Å². The largest absolute Gasteiger partial charge is 0.240 e. The smallest absolute Gasteiger partial charge is 0.225 e. The molecular formula is C6H5FNO2S. The van der Waals surface area contributed by atoms with Crippen LogP contribution in [0.1, 0.15) is 0 Å². The van der Waals surface area contributed by atoms with Crippen molar-refractivity contribution in [2.75, 3.05) is 0 Å². The van der Waals surface area contributed by atoms with Gasteiger partial charge < -0.3 is 0 Å². The number of benzene rings is 1. The number of rotatable bonds is 1. The molecule has 0 amide bonds. The number of primary sulfonamides is 1. The Morgan fingerprint density at radius 2 is 2.18 bits per heavy atom. The predicted molar refractivity (Wildman–Crippen MR) is 36.6 cm³/mol. The van der Waals surface area contributed by atoms with E-state index < -0.39 is 20.7 Å². The van der Waals surface area contributed by atoms with Gasteiger partial charge in [0.05, 0.1) is 0 Å². The molecule has 1 aromatic carbocycles. The van der Waals surface area contributed by atoms with Crippen LogP contribution in [0.15, 0.2) is 23.1 Å². The first kappa shape index (κ1) is 8.16. The zero-order valence-electron chi connectivity index (χ0n) is 5.41. The summed E-state index contributed by atoms with van der Waals surface area (Å²) in [5.74, 6) is -0.949. The van der Waals surface area contributed by atoms with Gasteiger partial charge in [0.1, 0.15) is 4.90 Å². The van der Waals surface area contributed by atoms with Gasteiger partial charge in [-0.05, 0) is 6.07 Å². The van der Waals surface area contributed by atoms with E-state index >= 15 is 0 Å². The Morgan fingerprint density at radius 3 is 2.55 bits per heavy atom. The van der Waals surface area contributed by atoms with Crippen LogP contribution in [0.5, 0.6) is 0 Å². The molecule has 0 bridgehead atoms. The van der Waals surface area contributed by atoms with Crippen molar-refractivity contribution in [2.24, 2.45) is 5.14 Å². The van der Waals surface area contributed by atoms with Crippen LogP contribution in [-0.4, -0.2) is 8.42 Å². The molecule has 5 heteroatoms. The molecule has 0 aliphatic rings. The summed E-state index contributed by atoms with van der Waals surface area (Å²) in [4.78, 5) is -0.528.